The molecule has 0 bridgehead atoms. The third-order valence-electron chi connectivity index (χ3n) is 3.37. The first kappa shape index (κ1) is 15.6. The second-order valence-corrected chi connectivity index (χ2v) is 4.83. The molecule has 0 fully saturated rings. The van der Waals surface area contributed by atoms with Crippen LogP contribution in [0.25, 0.3) is 0 Å². The molecule has 2 rings (SSSR count). The van der Waals surface area contributed by atoms with Crippen molar-refractivity contribution in [1.29, 1.82) is 0 Å². The Kier molecular flexibility index (Phi) is 4.50. The standard InChI is InChI=1S/C16H18O6/c1-21-13-7-9(5-11(17)15(13)19)3-4-10-6-12(18)16(20)14(8-10)22-2/h5-8,17-20H,3-4H2,1-2H3. The fraction of sp³-hybridized carbons (Fsp3) is 0.250. The number of methoxy groups -OCH3 is 2. The Bertz CT molecular complexity index is 621. The van der Waals surface area contributed by atoms with Gasteiger partial charge >= 0.3 is 0 Å². The largest absolute Gasteiger partial charge is 0.504 e. The minimum absolute atomic E-state index is 0.195. The van der Waals surface area contributed by atoms with Crippen LogP contribution in [0.3, 0.4) is 0 Å². The molecular formula is C16H18O6. The summed E-state index contributed by atoms with van der Waals surface area (Å²) in [6.07, 6.45) is 1.08. The summed E-state index contributed by atoms with van der Waals surface area (Å²) in [7, 11) is 2.81. The molecule has 0 aliphatic carbocycles. The summed E-state index contributed by atoms with van der Waals surface area (Å²) in [5.41, 5.74) is 1.53. The molecule has 118 valence electrons. The lowest BCUT2D eigenvalue weighted by Gasteiger charge is -2.10. The second-order valence-electron chi connectivity index (χ2n) is 4.83. The molecule has 6 nitrogen and oxygen atoms in total. The molecule has 0 atom stereocenters. The molecule has 0 radical (unpaired) electrons. The smallest absolute Gasteiger partial charge is 0.200 e. The van der Waals surface area contributed by atoms with Crippen molar-refractivity contribution < 1.29 is 29.9 Å². The maximum atomic E-state index is 9.65. The Morgan fingerprint density at radius 3 is 1.36 bits per heavy atom. The summed E-state index contributed by atoms with van der Waals surface area (Å²) in [5, 5.41) is 38.5. The number of hydrogen-bond acceptors (Lipinski definition) is 6. The molecule has 0 saturated carbocycles. The van der Waals surface area contributed by atoms with E-state index in [1.807, 2.05) is 0 Å². The fourth-order valence-corrected chi connectivity index (χ4v) is 2.19. The van der Waals surface area contributed by atoms with E-state index in [-0.39, 0.29) is 34.5 Å². The fourth-order valence-electron chi connectivity index (χ4n) is 2.19. The van der Waals surface area contributed by atoms with Crippen molar-refractivity contribution in [2.45, 2.75) is 12.8 Å². The number of ether oxygens (including phenoxy) is 2. The number of rotatable bonds is 5. The van der Waals surface area contributed by atoms with Crippen LogP contribution in [0, 0.1) is 0 Å². The highest BCUT2D eigenvalue weighted by Crippen LogP contribution is 2.38. The van der Waals surface area contributed by atoms with Crippen molar-refractivity contribution in [3.8, 4) is 34.5 Å². The molecule has 0 aliphatic rings. The molecule has 2 aromatic carbocycles. The topological polar surface area (TPSA) is 99.4 Å². The molecule has 0 spiro atoms. The van der Waals surface area contributed by atoms with Crippen molar-refractivity contribution >= 4 is 0 Å². The third-order valence-corrected chi connectivity index (χ3v) is 3.37. The van der Waals surface area contributed by atoms with Gasteiger partial charge in [-0.2, -0.15) is 0 Å². The van der Waals surface area contributed by atoms with E-state index in [2.05, 4.69) is 0 Å². The van der Waals surface area contributed by atoms with Gasteiger partial charge in [0.1, 0.15) is 0 Å². The van der Waals surface area contributed by atoms with Crippen LogP contribution in [0.2, 0.25) is 0 Å². The second kappa shape index (κ2) is 6.34. The van der Waals surface area contributed by atoms with Crippen LogP contribution < -0.4 is 9.47 Å². The van der Waals surface area contributed by atoms with E-state index in [0.29, 0.717) is 12.8 Å². The van der Waals surface area contributed by atoms with Crippen molar-refractivity contribution in [3.05, 3.63) is 35.4 Å². The van der Waals surface area contributed by atoms with E-state index >= 15 is 0 Å². The normalized spacial score (nSPS) is 10.5. The van der Waals surface area contributed by atoms with Crippen LogP contribution in [0.15, 0.2) is 24.3 Å². The maximum absolute atomic E-state index is 9.65. The molecule has 22 heavy (non-hydrogen) atoms. The van der Waals surface area contributed by atoms with E-state index in [4.69, 9.17) is 9.47 Å². The predicted molar refractivity (Wildman–Crippen MR) is 80.1 cm³/mol. The molecule has 0 heterocycles. The minimum Gasteiger partial charge on any atom is -0.504 e. The van der Waals surface area contributed by atoms with E-state index in [1.165, 1.54) is 26.4 Å². The highest BCUT2D eigenvalue weighted by Gasteiger charge is 2.12. The van der Waals surface area contributed by atoms with Crippen molar-refractivity contribution in [3.63, 3.8) is 0 Å². The van der Waals surface area contributed by atoms with Crippen molar-refractivity contribution in [2.24, 2.45) is 0 Å². The molecule has 2 aromatic rings. The molecule has 0 saturated heterocycles. The zero-order valence-corrected chi connectivity index (χ0v) is 12.3. The lowest BCUT2D eigenvalue weighted by molar-refractivity contribution is 0.349. The van der Waals surface area contributed by atoms with Crippen LogP contribution in [0.1, 0.15) is 11.1 Å². The Labute approximate surface area is 127 Å². The minimum atomic E-state index is -0.296. The number of phenols is 4. The summed E-state index contributed by atoms with van der Waals surface area (Å²) in [6, 6.07) is 6.17. The lowest BCUT2D eigenvalue weighted by Crippen LogP contribution is -1.95. The molecule has 0 unspecified atom stereocenters. The Hall–Kier alpha value is -2.76. The number of benzene rings is 2. The molecular weight excluding hydrogens is 288 g/mol. The van der Waals surface area contributed by atoms with Gasteiger partial charge in [0.25, 0.3) is 0 Å². The van der Waals surface area contributed by atoms with Crippen LogP contribution in [0.5, 0.6) is 34.5 Å². The number of phenolic OH excluding ortho intramolecular Hbond substituents is 4. The van der Waals surface area contributed by atoms with Gasteiger partial charge in [0.05, 0.1) is 14.2 Å². The Morgan fingerprint density at radius 2 is 1.05 bits per heavy atom. The molecule has 0 aromatic heterocycles. The SMILES string of the molecule is COc1cc(CCc2cc(O)c(O)c(OC)c2)cc(O)c1O. The van der Waals surface area contributed by atoms with E-state index in [9.17, 15) is 20.4 Å². The van der Waals surface area contributed by atoms with Crippen molar-refractivity contribution in [1.82, 2.24) is 0 Å². The summed E-state index contributed by atoms with van der Waals surface area (Å²) in [5.74, 6) is -0.700. The van der Waals surface area contributed by atoms with Gasteiger partial charge in [-0.15, -0.1) is 0 Å². The van der Waals surface area contributed by atoms with Crippen LogP contribution >= 0.6 is 0 Å². The van der Waals surface area contributed by atoms with Crippen LogP contribution in [-0.2, 0) is 12.8 Å². The summed E-state index contributed by atoms with van der Waals surface area (Å²) >= 11 is 0. The zero-order valence-electron chi connectivity index (χ0n) is 12.3. The number of aryl methyl sites for hydroxylation is 2. The number of aromatic hydroxyl groups is 4. The predicted octanol–water partition coefficient (Wildman–Crippen LogP) is 2.31. The summed E-state index contributed by atoms with van der Waals surface area (Å²) in [4.78, 5) is 0. The molecule has 6 heteroatoms. The average Bonchev–Trinajstić information content (AvgIpc) is 2.51. The van der Waals surface area contributed by atoms with E-state index < -0.39 is 0 Å². The summed E-state index contributed by atoms with van der Waals surface area (Å²) in [6.45, 7) is 0. The first-order chi connectivity index (χ1) is 10.5. The summed E-state index contributed by atoms with van der Waals surface area (Å²) < 4.78 is 9.97. The van der Waals surface area contributed by atoms with E-state index in [0.717, 1.165) is 11.1 Å². The van der Waals surface area contributed by atoms with Crippen molar-refractivity contribution in [2.75, 3.05) is 14.2 Å². The molecule has 4 N–H and O–H groups in total. The third kappa shape index (κ3) is 3.11. The zero-order chi connectivity index (χ0) is 16.3. The van der Waals surface area contributed by atoms with Crippen LogP contribution in [-0.4, -0.2) is 34.6 Å². The first-order valence-corrected chi connectivity index (χ1v) is 6.64. The van der Waals surface area contributed by atoms with Crippen LogP contribution in [0.4, 0.5) is 0 Å². The maximum Gasteiger partial charge on any atom is 0.200 e. The van der Waals surface area contributed by atoms with E-state index in [1.54, 1.807) is 12.1 Å². The lowest BCUT2D eigenvalue weighted by atomic mass is 10.0. The average molecular weight is 306 g/mol. The Morgan fingerprint density at radius 1 is 0.682 bits per heavy atom. The van der Waals surface area contributed by atoms with Gasteiger partial charge in [0, 0.05) is 0 Å². The number of hydrogen-bond donors (Lipinski definition) is 4. The monoisotopic (exact) mass is 306 g/mol. The van der Waals surface area contributed by atoms with Gasteiger partial charge in [0.15, 0.2) is 23.0 Å². The highest BCUT2D eigenvalue weighted by atomic mass is 16.5. The van der Waals surface area contributed by atoms with Gasteiger partial charge in [0.2, 0.25) is 11.5 Å². The quantitative estimate of drug-likeness (QED) is 0.633. The first-order valence-electron chi connectivity index (χ1n) is 6.64. The van der Waals surface area contributed by atoms with Gasteiger partial charge < -0.3 is 29.9 Å². The highest BCUT2D eigenvalue weighted by molar-refractivity contribution is 5.53. The Balaban J connectivity index is 2.20. The van der Waals surface area contributed by atoms with Gasteiger partial charge in [-0.1, -0.05) is 0 Å². The molecule has 0 aliphatic heterocycles. The molecule has 0 amide bonds. The van der Waals surface area contributed by atoms with Gasteiger partial charge in [-0.25, -0.2) is 0 Å². The van der Waals surface area contributed by atoms with Gasteiger partial charge in [-0.05, 0) is 48.2 Å². The van der Waals surface area contributed by atoms with Gasteiger partial charge in [-0.3, -0.25) is 0 Å².